The predicted molar refractivity (Wildman–Crippen MR) is 75.6 cm³/mol. The molecule has 1 aliphatic rings. The summed E-state index contributed by atoms with van der Waals surface area (Å²) in [5.41, 5.74) is 1.06. The Hall–Kier alpha value is -1.43. The molecule has 1 aliphatic carbocycles. The van der Waals surface area contributed by atoms with Crippen LogP contribution >= 0.6 is 15.9 Å². The summed E-state index contributed by atoms with van der Waals surface area (Å²) in [6.45, 7) is 2.27. The number of nitrogens with one attached hydrogen (secondary N) is 1. The Balaban J connectivity index is 2.07. The second-order valence-electron chi connectivity index (χ2n) is 5.07. The van der Waals surface area contributed by atoms with Gasteiger partial charge in [-0.3, -0.25) is 14.9 Å². The van der Waals surface area contributed by atoms with Crippen LogP contribution in [0.25, 0.3) is 0 Å². The number of hydrogen-bond acceptors (Lipinski definition) is 3. The van der Waals surface area contributed by atoms with Crippen molar-refractivity contribution in [1.82, 2.24) is 5.32 Å². The standard InChI is InChI=1S/C13H15BrN2O3/c1-9-2-3-10(6-11(9)16(18)19)12(17)15-8-13(7-14)4-5-13/h2-3,6H,4-5,7-8H2,1H3,(H,15,17). The summed E-state index contributed by atoms with van der Waals surface area (Å²) in [5, 5.41) is 14.6. The van der Waals surface area contributed by atoms with Crippen molar-refractivity contribution < 1.29 is 9.72 Å². The summed E-state index contributed by atoms with van der Waals surface area (Å²) >= 11 is 3.44. The number of benzene rings is 1. The molecule has 1 amide bonds. The summed E-state index contributed by atoms with van der Waals surface area (Å²) in [6, 6.07) is 4.55. The van der Waals surface area contributed by atoms with Gasteiger partial charge < -0.3 is 5.32 Å². The maximum Gasteiger partial charge on any atom is 0.273 e. The summed E-state index contributed by atoms with van der Waals surface area (Å²) in [5.74, 6) is -0.254. The summed E-state index contributed by atoms with van der Waals surface area (Å²) in [4.78, 5) is 22.3. The van der Waals surface area contributed by atoms with Crippen LogP contribution in [0.5, 0.6) is 0 Å². The van der Waals surface area contributed by atoms with Crippen LogP contribution < -0.4 is 5.32 Å². The highest BCUT2D eigenvalue weighted by atomic mass is 79.9. The van der Waals surface area contributed by atoms with E-state index in [1.807, 2.05) is 0 Å². The molecular weight excluding hydrogens is 312 g/mol. The largest absolute Gasteiger partial charge is 0.351 e. The molecule has 19 heavy (non-hydrogen) atoms. The highest BCUT2D eigenvalue weighted by molar-refractivity contribution is 9.09. The zero-order valence-corrected chi connectivity index (χ0v) is 12.2. The normalized spacial score (nSPS) is 15.9. The lowest BCUT2D eigenvalue weighted by Crippen LogP contribution is -2.30. The fourth-order valence-electron chi connectivity index (χ4n) is 1.85. The van der Waals surface area contributed by atoms with E-state index in [1.54, 1.807) is 19.1 Å². The molecule has 1 saturated carbocycles. The molecule has 1 N–H and O–H groups in total. The number of carbonyl (C=O) groups is 1. The topological polar surface area (TPSA) is 72.2 Å². The van der Waals surface area contributed by atoms with E-state index in [9.17, 15) is 14.9 Å². The first kappa shape index (κ1) is 14.0. The van der Waals surface area contributed by atoms with Crippen LogP contribution in [-0.4, -0.2) is 22.7 Å². The lowest BCUT2D eigenvalue weighted by molar-refractivity contribution is -0.385. The van der Waals surface area contributed by atoms with Crippen molar-refractivity contribution in [1.29, 1.82) is 0 Å². The predicted octanol–water partition coefficient (Wildman–Crippen LogP) is 2.81. The fraction of sp³-hybridized carbons (Fsp3) is 0.462. The van der Waals surface area contributed by atoms with Crippen molar-refractivity contribution in [2.45, 2.75) is 19.8 Å². The van der Waals surface area contributed by atoms with Gasteiger partial charge in [0.15, 0.2) is 0 Å². The first-order valence-electron chi connectivity index (χ1n) is 6.07. The Kier molecular flexibility index (Phi) is 3.89. The van der Waals surface area contributed by atoms with Crippen LogP contribution in [0.3, 0.4) is 0 Å². The van der Waals surface area contributed by atoms with Gasteiger partial charge in [0, 0.05) is 29.1 Å². The van der Waals surface area contributed by atoms with Gasteiger partial charge in [0.25, 0.3) is 11.6 Å². The summed E-state index contributed by atoms with van der Waals surface area (Å²) in [7, 11) is 0. The Morgan fingerprint density at radius 2 is 2.21 bits per heavy atom. The van der Waals surface area contributed by atoms with Crippen molar-refractivity contribution >= 4 is 27.5 Å². The van der Waals surface area contributed by atoms with E-state index >= 15 is 0 Å². The Morgan fingerprint density at radius 1 is 1.53 bits per heavy atom. The van der Waals surface area contributed by atoms with Crippen LogP contribution in [0.15, 0.2) is 18.2 Å². The van der Waals surface area contributed by atoms with Gasteiger partial charge in [0.05, 0.1) is 4.92 Å². The second-order valence-corrected chi connectivity index (χ2v) is 5.64. The zero-order valence-electron chi connectivity index (χ0n) is 10.6. The molecule has 0 aliphatic heterocycles. The molecule has 0 aromatic heterocycles. The highest BCUT2D eigenvalue weighted by Gasteiger charge is 2.41. The maximum atomic E-state index is 12.0. The molecule has 5 nitrogen and oxygen atoms in total. The Bertz CT molecular complexity index is 527. The number of nitro benzene ring substituents is 1. The van der Waals surface area contributed by atoms with Crippen molar-refractivity contribution in [3.8, 4) is 0 Å². The molecule has 0 bridgehead atoms. The Morgan fingerprint density at radius 3 is 2.74 bits per heavy atom. The number of nitrogens with zero attached hydrogens (tertiary/aromatic N) is 1. The molecule has 0 spiro atoms. The molecule has 0 radical (unpaired) electrons. The van der Waals surface area contributed by atoms with E-state index in [0.717, 1.165) is 18.2 Å². The van der Waals surface area contributed by atoms with Crippen LogP contribution in [0, 0.1) is 22.5 Å². The maximum absolute atomic E-state index is 12.0. The number of nitro groups is 1. The lowest BCUT2D eigenvalue weighted by atomic mass is 10.1. The highest BCUT2D eigenvalue weighted by Crippen LogP contribution is 2.46. The first-order chi connectivity index (χ1) is 8.97. The van der Waals surface area contributed by atoms with Crippen LogP contribution in [0.1, 0.15) is 28.8 Å². The molecular formula is C13H15BrN2O3. The van der Waals surface area contributed by atoms with E-state index < -0.39 is 4.92 Å². The van der Waals surface area contributed by atoms with Gasteiger partial charge in [-0.25, -0.2) is 0 Å². The van der Waals surface area contributed by atoms with Crippen LogP contribution in [0.2, 0.25) is 0 Å². The summed E-state index contributed by atoms with van der Waals surface area (Å²) < 4.78 is 0. The molecule has 1 aromatic rings. The van der Waals surface area contributed by atoms with Crippen LogP contribution in [-0.2, 0) is 0 Å². The van der Waals surface area contributed by atoms with E-state index in [1.165, 1.54) is 6.07 Å². The molecule has 6 heteroatoms. The lowest BCUT2D eigenvalue weighted by Gasteiger charge is -2.12. The zero-order chi connectivity index (χ0) is 14.0. The van der Waals surface area contributed by atoms with Crippen molar-refractivity contribution in [3.63, 3.8) is 0 Å². The molecule has 1 aromatic carbocycles. The van der Waals surface area contributed by atoms with Crippen molar-refractivity contribution in [2.75, 3.05) is 11.9 Å². The van der Waals surface area contributed by atoms with Gasteiger partial charge in [-0.05, 0) is 31.2 Å². The molecule has 0 unspecified atom stereocenters. The number of halogens is 1. The van der Waals surface area contributed by atoms with Gasteiger partial charge in [0.1, 0.15) is 0 Å². The third-order valence-electron chi connectivity index (χ3n) is 3.53. The number of carbonyl (C=O) groups excluding carboxylic acids is 1. The minimum absolute atomic E-state index is 0.0192. The average Bonchev–Trinajstić information content (AvgIpc) is 3.17. The monoisotopic (exact) mass is 326 g/mol. The second kappa shape index (κ2) is 5.28. The van der Waals surface area contributed by atoms with E-state index in [2.05, 4.69) is 21.2 Å². The molecule has 1 fully saturated rings. The fourth-order valence-corrected chi connectivity index (χ4v) is 2.61. The van der Waals surface area contributed by atoms with E-state index in [-0.39, 0.29) is 17.0 Å². The molecule has 0 heterocycles. The number of alkyl halides is 1. The van der Waals surface area contributed by atoms with E-state index in [0.29, 0.717) is 17.7 Å². The van der Waals surface area contributed by atoms with Crippen molar-refractivity contribution in [2.24, 2.45) is 5.41 Å². The van der Waals surface area contributed by atoms with Crippen LogP contribution in [0.4, 0.5) is 5.69 Å². The van der Waals surface area contributed by atoms with Gasteiger partial charge in [-0.1, -0.05) is 22.0 Å². The number of aryl methyl sites for hydroxylation is 1. The van der Waals surface area contributed by atoms with Gasteiger partial charge in [-0.2, -0.15) is 0 Å². The minimum Gasteiger partial charge on any atom is -0.351 e. The van der Waals surface area contributed by atoms with E-state index in [4.69, 9.17) is 0 Å². The molecule has 2 rings (SSSR count). The number of amides is 1. The minimum atomic E-state index is -0.465. The number of rotatable bonds is 5. The van der Waals surface area contributed by atoms with Gasteiger partial charge in [-0.15, -0.1) is 0 Å². The third kappa shape index (κ3) is 3.12. The molecule has 0 atom stereocenters. The quantitative estimate of drug-likeness (QED) is 0.513. The van der Waals surface area contributed by atoms with Gasteiger partial charge in [0.2, 0.25) is 0 Å². The first-order valence-corrected chi connectivity index (χ1v) is 7.19. The van der Waals surface area contributed by atoms with Gasteiger partial charge >= 0.3 is 0 Å². The Labute approximate surface area is 119 Å². The third-order valence-corrected chi connectivity index (χ3v) is 4.72. The molecule has 102 valence electrons. The molecule has 0 saturated heterocycles. The SMILES string of the molecule is Cc1ccc(C(=O)NCC2(CBr)CC2)cc1[N+](=O)[O-]. The smallest absolute Gasteiger partial charge is 0.273 e. The number of hydrogen-bond donors (Lipinski definition) is 1. The average molecular weight is 327 g/mol. The van der Waals surface area contributed by atoms with Crippen molar-refractivity contribution in [3.05, 3.63) is 39.4 Å². The summed E-state index contributed by atoms with van der Waals surface area (Å²) in [6.07, 6.45) is 2.21.